The SMILES string of the molecule is CC(C)CN1CCC(C(=O)N2CC([C@H](C)Oc3ccc(Cl)cn3)[C@@H](c3ccc(Cl)c(Cl)c3)C2)CC1. The number of piperidine rings is 1. The van der Waals surface area contributed by atoms with Crippen molar-refractivity contribution < 1.29 is 9.53 Å². The van der Waals surface area contributed by atoms with Gasteiger partial charge in [0.2, 0.25) is 11.8 Å². The molecule has 2 saturated heterocycles. The van der Waals surface area contributed by atoms with E-state index in [1.807, 2.05) is 30.0 Å². The largest absolute Gasteiger partial charge is 0.474 e. The fourth-order valence-electron chi connectivity index (χ4n) is 5.43. The quantitative estimate of drug-likeness (QED) is 0.408. The van der Waals surface area contributed by atoms with Crippen molar-refractivity contribution in [3.63, 3.8) is 0 Å². The predicted molar refractivity (Wildman–Crippen MR) is 143 cm³/mol. The number of halogens is 3. The molecule has 0 spiro atoms. The Morgan fingerprint density at radius 3 is 2.43 bits per heavy atom. The smallest absolute Gasteiger partial charge is 0.225 e. The predicted octanol–water partition coefficient (Wildman–Crippen LogP) is 6.42. The fraction of sp³-hybridized carbons (Fsp3) is 0.556. The van der Waals surface area contributed by atoms with Gasteiger partial charge < -0.3 is 14.5 Å². The Labute approximate surface area is 223 Å². The molecule has 0 aliphatic carbocycles. The Bertz CT molecular complexity index is 1010. The zero-order chi connectivity index (χ0) is 25.1. The van der Waals surface area contributed by atoms with E-state index in [2.05, 4.69) is 23.7 Å². The molecule has 2 aliphatic heterocycles. The van der Waals surface area contributed by atoms with E-state index in [-0.39, 0.29) is 29.8 Å². The lowest BCUT2D eigenvalue weighted by molar-refractivity contribution is -0.136. The Balaban J connectivity index is 1.49. The van der Waals surface area contributed by atoms with Crippen LogP contribution in [0.4, 0.5) is 0 Å². The fourth-order valence-corrected chi connectivity index (χ4v) is 5.85. The first kappa shape index (κ1) is 26.5. The van der Waals surface area contributed by atoms with Crippen LogP contribution in [0.15, 0.2) is 36.5 Å². The van der Waals surface area contributed by atoms with Crippen LogP contribution in [-0.2, 0) is 4.79 Å². The second kappa shape index (κ2) is 11.7. The molecule has 3 heterocycles. The molecule has 0 radical (unpaired) electrons. The first-order valence-corrected chi connectivity index (χ1v) is 13.6. The molecule has 0 saturated carbocycles. The summed E-state index contributed by atoms with van der Waals surface area (Å²) in [5, 5.41) is 1.62. The molecule has 2 aliphatic rings. The van der Waals surface area contributed by atoms with Gasteiger partial charge >= 0.3 is 0 Å². The molecule has 1 aromatic carbocycles. The highest BCUT2D eigenvalue weighted by Crippen LogP contribution is 2.39. The number of hydrogen-bond acceptors (Lipinski definition) is 4. The van der Waals surface area contributed by atoms with Gasteiger partial charge in [0.05, 0.1) is 15.1 Å². The van der Waals surface area contributed by atoms with Gasteiger partial charge in [0.1, 0.15) is 6.10 Å². The summed E-state index contributed by atoms with van der Waals surface area (Å²) in [5.41, 5.74) is 1.07. The highest BCUT2D eigenvalue weighted by atomic mass is 35.5. The van der Waals surface area contributed by atoms with E-state index in [1.165, 1.54) is 0 Å². The molecule has 3 atom stereocenters. The Kier molecular flexibility index (Phi) is 8.85. The summed E-state index contributed by atoms with van der Waals surface area (Å²) in [6, 6.07) is 9.31. The zero-order valence-corrected chi connectivity index (χ0v) is 22.9. The van der Waals surface area contributed by atoms with Crippen molar-refractivity contribution in [3.05, 3.63) is 57.2 Å². The number of aromatic nitrogens is 1. The lowest BCUT2D eigenvalue weighted by Crippen LogP contribution is -2.43. The van der Waals surface area contributed by atoms with Gasteiger partial charge in [0.25, 0.3) is 0 Å². The van der Waals surface area contributed by atoms with Crippen molar-refractivity contribution in [1.82, 2.24) is 14.8 Å². The molecule has 1 aromatic heterocycles. The number of amides is 1. The number of ether oxygens (including phenoxy) is 1. The molecule has 35 heavy (non-hydrogen) atoms. The minimum Gasteiger partial charge on any atom is -0.474 e. The van der Waals surface area contributed by atoms with Crippen LogP contribution >= 0.6 is 34.8 Å². The van der Waals surface area contributed by atoms with Crippen LogP contribution in [0, 0.1) is 17.8 Å². The molecule has 0 N–H and O–H groups in total. The highest BCUT2D eigenvalue weighted by Gasteiger charge is 2.42. The zero-order valence-electron chi connectivity index (χ0n) is 20.6. The summed E-state index contributed by atoms with van der Waals surface area (Å²) in [6.07, 6.45) is 3.26. The first-order chi connectivity index (χ1) is 16.7. The summed E-state index contributed by atoms with van der Waals surface area (Å²) in [6.45, 7) is 10.9. The minimum atomic E-state index is -0.159. The van der Waals surface area contributed by atoms with Crippen molar-refractivity contribution in [2.75, 3.05) is 32.7 Å². The second-order valence-electron chi connectivity index (χ2n) is 10.3. The molecular formula is C27H34Cl3N3O2. The maximum absolute atomic E-state index is 13.6. The van der Waals surface area contributed by atoms with E-state index >= 15 is 0 Å². The van der Waals surface area contributed by atoms with Gasteiger partial charge in [-0.25, -0.2) is 4.98 Å². The number of hydrogen-bond donors (Lipinski definition) is 0. The van der Waals surface area contributed by atoms with Crippen molar-refractivity contribution in [2.24, 2.45) is 17.8 Å². The van der Waals surface area contributed by atoms with Crippen LogP contribution in [0.3, 0.4) is 0 Å². The topological polar surface area (TPSA) is 45.7 Å². The molecule has 2 fully saturated rings. The maximum atomic E-state index is 13.6. The van der Waals surface area contributed by atoms with Crippen LogP contribution in [0.1, 0.15) is 45.1 Å². The number of carbonyl (C=O) groups excluding carboxylic acids is 1. The lowest BCUT2D eigenvalue weighted by Gasteiger charge is -2.34. The minimum absolute atomic E-state index is 0.0841. The summed E-state index contributed by atoms with van der Waals surface area (Å²) < 4.78 is 6.21. The van der Waals surface area contributed by atoms with Gasteiger partial charge in [-0.2, -0.15) is 0 Å². The van der Waals surface area contributed by atoms with Gasteiger partial charge in [-0.15, -0.1) is 0 Å². The summed E-state index contributed by atoms with van der Waals surface area (Å²) in [4.78, 5) is 22.4. The first-order valence-electron chi connectivity index (χ1n) is 12.5. The molecule has 5 nitrogen and oxygen atoms in total. The second-order valence-corrected chi connectivity index (χ2v) is 11.5. The highest BCUT2D eigenvalue weighted by molar-refractivity contribution is 6.42. The standard InChI is InChI=1S/C27H34Cl3N3O2/c1-17(2)14-32-10-8-19(9-11-32)27(34)33-15-22(18(3)35-26-7-5-21(28)13-31-26)23(16-33)20-4-6-24(29)25(30)12-20/h4-7,12-13,17-19,22-23H,8-11,14-16H2,1-3H3/t18-,22?,23+/m0/s1. The number of nitrogens with zero attached hydrogens (tertiary/aromatic N) is 3. The van der Waals surface area contributed by atoms with E-state index in [0.29, 0.717) is 40.0 Å². The third-order valence-electron chi connectivity index (χ3n) is 7.22. The van der Waals surface area contributed by atoms with Crippen LogP contribution in [0.2, 0.25) is 15.1 Å². The van der Waals surface area contributed by atoms with Gasteiger partial charge in [0, 0.05) is 49.7 Å². The number of benzene rings is 1. The van der Waals surface area contributed by atoms with E-state index in [9.17, 15) is 4.79 Å². The summed E-state index contributed by atoms with van der Waals surface area (Å²) in [5.74, 6) is 1.70. The molecular weight excluding hydrogens is 505 g/mol. The number of rotatable bonds is 7. The molecule has 1 unspecified atom stereocenters. The van der Waals surface area contributed by atoms with E-state index in [4.69, 9.17) is 39.5 Å². The van der Waals surface area contributed by atoms with Gasteiger partial charge in [-0.3, -0.25) is 4.79 Å². The Morgan fingerprint density at radius 1 is 1.06 bits per heavy atom. The molecule has 2 aromatic rings. The number of carbonyl (C=O) groups is 1. The van der Waals surface area contributed by atoms with Crippen LogP contribution in [0.25, 0.3) is 0 Å². The third kappa shape index (κ3) is 6.62. The molecule has 8 heteroatoms. The van der Waals surface area contributed by atoms with E-state index in [0.717, 1.165) is 38.0 Å². The van der Waals surface area contributed by atoms with E-state index < -0.39 is 0 Å². The molecule has 4 rings (SSSR count). The number of likely N-dealkylation sites (tertiary alicyclic amines) is 2. The van der Waals surface area contributed by atoms with Crippen molar-refractivity contribution >= 4 is 40.7 Å². The summed E-state index contributed by atoms with van der Waals surface area (Å²) >= 11 is 18.5. The van der Waals surface area contributed by atoms with Gasteiger partial charge in [-0.05, 0) is 62.5 Å². The molecule has 1 amide bonds. The lowest BCUT2D eigenvalue weighted by atomic mass is 9.86. The van der Waals surface area contributed by atoms with E-state index in [1.54, 1.807) is 18.3 Å². The Morgan fingerprint density at radius 2 is 1.80 bits per heavy atom. The van der Waals surface area contributed by atoms with Crippen LogP contribution < -0.4 is 4.74 Å². The van der Waals surface area contributed by atoms with Gasteiger partial charge in [-0.1, -0.05) is 54.7 Å². The van der Waals surface area contributed by atoms with Crippen LogP contribution in [0.5, 0.6) is 5.88 Å². The molecule has 190 valence electrons. The van der Waals surface area contributed by atoms with Crippen molar-refractivity contribution in [2.45, 2.75) is 45.6 Å². The average molecular weight is 539 g/mol. The van der Waals surface area contributed by atoms with Gasteiger partial charge in [0.15, 0.2) is 0 Å². The number of pyridine rings is 1. The average Bonchev–Trinajstić information content (AvgIpc) is 3.28. The van der Waals surface area contributed by atoms with Crippen molar-refractivity contribution in [3.8, 4) is 5.88 Å². The third-order valence-corrected chi connectivity index (χ3v) is 8.18. The molecule has 0 bridgehead atoms. The van der Waals surface area contributed by atoms with Crippen LogP contribution in [-0.4, -0.2) is 59.5 Å². The maximum Gasteiger partial charge on any atom is 0.225 e. The normalized spacial score (nSPS) is 22.5. The van der Waals surface area contributed by atoms with Crippen molar-refractivity contribution in [1.29, 1.82) is 0 Å². The monoisotopic (exact) mass is 537 g/mol. The Hall–Kier alpha value is -1.53. The summed E-state index contributed by atoms with van der Waals surface area (Å²) in [7, 11) is 0.